The van der Waals surface area contributed by atoms with Crippen molar-refractivity contribution in [3.63, 3.8) is 0 Å². The second kappa shape index (κ2) is 5.46. The fraction of sp³-hybridized carbons (Fsp3) is 0.400. The molecule has 1 aliphatic heterocycles. The van der Waals surface area contributed by atoms with E-state index in [1.807, 2.05) is 26.0 Å². The van der Waals surface area contributed by atoms with Crippen LogP contribution in [0.25, 0.3) is 11.0 Å². The molecule has 0 radical (unpaired) electrons. The Balaban J connectivity index is 0.00000147. The lowest BCUT2D eigenvalue weighted by Gasteiger charge is -2.25. The Kier molecular flexibility index (Phi) is 4.06. The Hall–Kier alpha value is -1.52. The summed E-state index contributed by atoms with van der Waals surface area (Å²) in [5, 5.41) is 4.09. The van der Waals surface area contributed by atoms with E-state index in [9.17, 15) is 4.79 Å². The minimum absolute atomic E-state index is 0. The van der Waals surface area contributed by atoms with E-state index in [1.165, 1.54) is 0 Å². The van der Waals surface area contributed by atoms with E-state index in [2.05, 4.69) is 5.32 Å². The van der Waals surface area contributed by atoms with E-state index >= 15 is 0 Å². The van der Waals surface area contributed by atoms with Gasteiger partial charge in [-0.1, -0.05) is 6.92 Å². The molecule has 1 aromatic heterocycles. The maximum Gasteiger partial charge on any atom is 0.227 e. The van der Waals surface area contributed by atoms with Gasteiger partial charge in [-0.3, -0.25) is 4.79 Å². The van der Waals surface area contributed by atoms with Gasteiger partial charge in [0.2, 0.25) is 5.91 Å². The number of rotatable bonds is 2. The summed E-state index contributed by atoms with van der Waals surface area (Å²) in [6.45, 7) is 4.45. The average Bonchev–Trinajstić information content (AvgIpc) is 2.81. The molecule has 2 aromatic rings. The van der Waals surface area contributed by atoms with Crippen LogP contribution in [0.1, 0.15) is 30.2 Å². The molecule has 0 spiro atoms. The first kappa shape index (κ1) is 14.9. The molecule has 1 unspecified atom stereocenters. The normalized spacial score (nSPS) is 17.6. The minimum Gasteiger partial charge on any atom is -0.459 e. The van der Waals surface area contributed by atoms with Crippen molar-refractivity contribution in [2.24, 2.45) is 11.7 Å². The molecule has 0 saturated carbocycles. The van der Waals surface area contributed by atoms with Crippen LogP contribution in [0.5, 0.6) is 0 Å². The summed E-state index contributed by atoms with van der Waals surface area (Å²) < 4.78 is 5.82. The molecule has 3 rings (SSSR count). The smallest absolute Gasteiger partial charge is 0.227 e. The lowest BCUT2D eigenvalue weighted by Crippen LogP contribution is -2.30. The largest absolute Gasteiger partial charge is 0.459 e. The molecule has 0 bridgehead atoms. The number of nitrogens with two attached hydrogens (primary N) is 1. The predicted octanol–water partition coefficient (Wildman–Crippen LogP) is 3.14. The van der Waals surface area contributed by atoms with Crippen LogP contribution in [0.4, 0.5) is 5.69 Å². The molecule has 2 heterocycles. The third-order valence-electron chi connectivity index (χ3n) is 3.92. The van der Waals surface area contributed by atoms with Gasteiger partial charge in [0.15, 0.2) is 0 Å². The number of halogens is 1. The first-order chi connectivity index (χ1) is 9.13. The molecule has 4 nitrogen and oxygen atoms in total. The molecular weight excluding hydrogens is 276 g/mol. The molecule has 1 amide bonds. The number of anilines is 1. The molecule has 1 aromatic carbocycles. The topological polar surface area (TPSA) is 68.3 Å². The van der Waals surface area contributed by atoms with E-state index in [4.69, 9.17) is 10.2 Å². The summed E-state index contributed by atoms with van der Waals surface area (Å²) in [4.78, 5) is 12.0. The monoisotopic (exact) mass is 294 g/mol. The zero-order valence-corrected chi connectivity index (χ0v) is 12.5. The zero-order valence-electron chi connectivity index (χ0n) is 11.7. The Labute approximate surface area is 124 Å². The van der Waals surface area contributed by atoms with Gasteiger partial charge in [0.05, 0.1) is 12.2 Å². The Morgan fingerprint density at radius 1 is 1.45 bits per heavy atom. The summed E-state index contributed by atoms with van der Waals surface area (Å²) in [7, 11) is 0. The summed E-state index contributed by atoms with van der Waals surface area (Å²) >= 11 is 0. The summed E-state index contributed by atoms with van der Waals surface area (Å²) in [5.74, 6) is 0.930. The van der Waals surface area contributed by atoms with E-state index < -0.39 is 0 Å². The van der Waals surface area contributed by atoms with Crippen LogP contribution in [0.15, 0.2) is 16.5 Å². The number of furan rings is 1. The lowest BCUT2D eigenvalue weighted by molar-refractivity contribution is -0.120. The van der Waals surface area contributed by atoms with Gasteiger partial charge in [-0.2, -0.15) is 0 Å². The van der Waals surface area contributed by atoms with Crippen molar-refractivity contribution in [3.8, 4) is 0 Å². The van der Waals surface area contributed by atoms with E-state index in [0.29, 0.717) is 6.54 Å². The van der Waals surface area contributed by atoms with Gasteiger partial charge in [-0.15, -0.1) is 12.4 Å². The molecule has 3 N–H and O–H groups in total. The highest BCUT2D eigenvalue weighted by Crippen LogP contribution is 2.37. The fourth-order valence-electron chi connectivity index (χ4n) is 2.82. The average molecular weight is 295 g/mol. The van der Waals surface area contributed by atoms with Crippen LogP contribution in [-0.2, 0) is 17.8 Å². The van der Waals surface area contributed by atoms with Crippen LogP contribution in [-0.4, -0.2) is 5.91 Å². The van der Waals surface area contributed by atoms with Crippen LogP contribution in [0.3, 0.4) is 0 Å². The highest BCUT2D eigenvalue weighted by Gasteiger charge is 2.28. The molecular formula is C15H19ClN2O2. The van der Waals surface area contributed by atoms with Crippen LogP contribution < -0.4 is 11.1 Å². The van der Waals surface area contributed by atoms with Gasteiger partial charge in [0.25, 0.3) is 0 Å². The van der Waals surface area contributed by atoms with Crippen LogP contribution in [0, 0.1) is 12.8 Å². The maximum absolute atomic E-state index is 12.0. The Morgan fingerprint density at radius 3 is 2.85 bits per heavy atom. The van der Waals surface area contributed by atoms with E-state index in [-0.39, 0.29) is 24.2 Å². The highest BCUT2D eigenvalue weighted by atomic mass is 35.5. The number of nitrogens with one attached hydrogen (secondary N) is 1. The highest BCUT2D eigenvalue weighted by molar-refractivity contribution is 6.01. The van der Waals surface area contributed by atoms with Crippen molar-refractivity contribution in [1.29, 1.82) is 0 Å². The molecule has 1 aliphatic rings. The number of hydrogen-bond acceptors (Lipinski definition) is 3. The van der Waals surface area contributed by atoms with E-state index in [1.54, 1.807) is 0 Å². The number of aryl methyl sites for hydroxylation is 1. The fourth-order valence-corrected chi connectivity index (χ4v) is 2.82. The van der Waals surface area contributed by atoms with Gasteiger partial charge >= 0.3 is 0 Å². The zero-order chi connectivity index (χ0) is 13.6. The number of benzene rings is 1. The molecule has 1 atom stereocenters. The van der Waals surface area contributed by atoms with Gasteiger partial charge in [0, 0.05) is 16.9 Å². The SMILES string of the molecule is CCC1Cc2c(c(C)cc3cc(CN)oc23)NC1=O.Cl. The number of carbonyl (C=O) groups is 1. The van der Waals surface area contributed by atoms with Crippen molar-refractivity contribution in [2.75, 3.05) is 5.32 Å². The summed E-state index contributed by atoms with van der Waals surface area (Å²) in [5.41, 5.74) is 9.62. The Morgan fingerprint density at radius 2 is 2.20 bits per heavy atom. The van der Waals surface area contributed by atoms with Crippen molar-refractivity contribution >= 4 is 35.0 Å². The molecule has 20 heavy (non-hydrogen) atoms. The first-order valence-corrected chi connectivity index (χ1v) is 6.69. The van der Waals surface area contributed by atoms with E-state index in [0.717, 1.165) is 46.4 Å². The molecule has 0 fully saturated rings. The minimum atomic E-state index is 0. The number of carbonyl (C=O) groups excluding carboxylic acids is 1. The van der Waals surface area contributed by atoms with Gasteiger partial charge in [-0.25, -0.2) is 0 Å². The van der Waals surface area contributed by atoms with Gasteiger partial charge in [-0.05, 0) is 37.5 Å². The summed E-state index contributed by atoms with van der Waals surface area (Å²) in [6, 6.07) is 4.03. The molecule has 108 valence electrons. The molecule has 5 heteroatoms. The lowest BCUT2D eigenvalue weighted by atomic mass is 9.89. The van der Waals surface area contributed by atoms with Crippen molar-refractivity contribution in [2.45, 2.75) is 33.2 Å². The second-order valence-corrected chi connectivity index (χ2v) is 5.18. The van der Waals surface area contributed by atoms with Crippen LogP contribution >= 0.6 is 12.4 Å². The molecule has 0 saturated heterocycles. The van der Waals surface area contributed by atoms with Crippen molar-refractivity contribution in [3.05, 3.63) is 29.0 Å². The van der Waals surface area contributed by atoms with Crippen molar-refractivity contribution < 1.29 is 9.21 Å². The number of fused-ring (bicyclic) bond motifs is 3. The number of amides is 1. The predicted molar refractivity (Wildman–Crippen MR) is 82.2 cm³/mol. The Bertz CT molecular complexity index is 663. The maximum atomic E-state index is 12.0. The standard InChI is InChI=1S/C15H18N2O2.ClH/c1-3-9-6-12-13(17-15(9)18)8(2)4-10-5-11(7-16)19-14(10)12;/h4-5,9H,3,6-7,16H2,1-2H3,(H,17,18);1H. The summed E-state index contributed by atoms with van der Waals surface area (Å²) in [6.07, 6.45) is 1.58. The quantitative estimate of drug-likeness (QED) is 0.894. The molecule has 0 aliphatic carbocycles. The van der Waals surface area contributed by atoms with Gasteiger partial charge < -0.3 is 15.5 Å². The first-order valence-electron chi connectivity index (χ1n) is 6.69. The third-order valence-corrected chi connectivity index (χ3v) is 3.92. The number of hydrogen-bond donors (Lipinski definition) is 2. The second-order valence-electron chi connectivity index (χ2n) is 5.18. The van der Waals surface area contributed by atoms with Gasteiger partial charge in [0.1, 0.15) is 11.3 Å². The third kappa shape index (κ3) is 2.19. The van der Waals surface area contributed by atoms with Crippen LogP contribution in [0.2, 0.25) is 0 Å². The van der Waals surface area contributed by atoms with Crippen molar-refractivity contribution in [1.82, 2.24) is 0 Å².